The average molecular weight is 455 g/mol. The first-order valence-corrected chi connectivity index (χ1v) is 8.73. The van der Waals surface area contributed by atoms with Crippen LogP contribution in [-0.2, 0) is 0 Å². The van der Waals surface area contributed by atoms with Gasteiger partial charge in [-0.05, 0) is 40.1 Å². The number of hydrogen-bond donors (Lipinski definition) is 0. The molecular weight excluding hydrogens is 444 g/mol. The molecule has 0 heterocycles. The Kier molecular flexibility index (Phi) is 4.29. The van der Waals surface area contributed by atoms with E-state index < -0.39 is 0 Å². The normalized spacial score (nSPS) is 12.6. The maximum Gasteiger partial charge on any atom is 0.0661 e. The Morgan fingerprint density at radius 1 is 0.750 bits per heavy atom. The van der Waals surface area contributed by atoms with E-state index in [1.807, 2.05) is 6.07 Å². The standard InChI is InChI=1S/C17H11Br3/c18-12-8-9-16(19)15(10-12)17(20)14-7-3-5-11-4-1-2-6-13(11)14/h1-10,17H. The van der Waals surface area contributed by atoms with Crippen molar-refractivity contribution in [3.63, 3.8) is 0 Å². The van der Waals surface area contributed by atoms with Crippen LogP contribution in [0.1, 0.15) is 16.0 Å². The van der Waals surface area contributed by atoms with Crippen LogP contribution < -0.4 is 0 Å². The van der Waals surface area contributed by atoms with Crippen molar-refractivity contribution in [2.45, 2.75) is 4.83 Å². The summed E-state index contributed by atoms with van der Waals surface area (Å²) in [5, 5.41) is 2.55. The molecule has 0 bridgehead atoms. The van der Waals surface area contributed by atoms with Gasteiger partial charge in [-0.25, -0.2) is 0 Å². The van der Waals surface area contributed by atoms with Crippen LogP contribution in [0.2, 0.25) is 0 Å². The molecule has 0 N–H and O–H groups in total. The van der Waals surface area contributed by atoms with Gasteiger partial charge >= 0.3 is 0 Å². The van der Waals surface area contributed by atoms with Crippen molar-refractivity contribution in [2.75, 3.05) is 0 Å². The van der Waals surface area contributed by atoms with E-state index in [0.29, 0.717) is 0 Å². The van der Waals surface area contributed by atoms with Gasteiger partial charge < -0.3 is 0 Å². The highest BCUT2D eigenvalue weighted by atomic mass is 79.9. The molecule has 0 aliphatic carbocycles. The second-order valence-electron chi connectivity index (χ2n) is 4.60. The van der Waals surface area contributed by atoms with Crippen LogP contribution >= 0.6 is 47.8 Å². The minimum Gasteiger partial charge on any atom is -0.0786 e. The molecule has 0 aliphatic rings. The zero-order valence-electron chi connectivity index (χ0n) is 10.5. The molecule has 0 radical (unpaired) electrons. The van der Waals surface area contributed by atoms with Gasteiger partial charge in [0.15, 0.2) is 0 Å². The van der Waals surface area contributed by atoms with E-state index in [-0.39, 0.29) is 4.83 Å². The number of benzene rings is 3. The molecule has 3 rings (SSSR count). The molecule has 0 aromatic heterocycles. The molecule has 0 saturated carbocycles. The third kappa shape index (κ3) is 2.72. The number of rotatable bonds is 2. The molecule has 0 amide bonds. The van der Waals surface area contributed by atoms with Crippen molar-refractivity contribution in [1.82, 2.24) is 0 Å². The maximum atomic E-state index is 3.85. The second kappa shape index (κ2) is 6.00. The predicted octanol–water partition coefficient (Wildman–Crippen LogP) is 6.85. The molecular formula is C17H11Br3. The quantitative estimate of drug-likeness (QED) is 0.371. The summed E-state index contributed by atoms with van der Waals surface area (Å²) in [6.45, 7) is 0. The van der Waals surface area contributed by atoms with Crippen molar-refractivity contribution >= 4 is 58.6 Å². The molecule has 100 valence electrons. The van der Waals surface area contributed by atoms with Crippen molar-refractivity contribution < 1.29 is 0 Å². The third-order valence-corrected chi connectivity index (χ3v) is 5.53. The van der Waals surface area contributed by atoms with Crippen molar-refractivity contribution in [2.24, 2.45) is 0 Å². The van der Waals surface area contributed by atoms with E-state index >= 15 is 0 Å². The molecule has 1 unspecified atom stereocenters. The van der Waals surface area contributed by atoms with Crippen LogP contribution in [0, 0.1) is 0 Å². The van der Waals surface area contributed by atoms with Gasteiger partial charge in [-0.15, -0.1) is 0 Å². The van der Waals surface area contributed by atoms with Gasteiger partial charge in [0.05, 0.1) is 4.83 Å². The van der Waals surface area contributed by atoms with E-state index in [1.165, 1.54) is 21.9 Å². The zero-order valence-corrected chi connectivity index (χ0v) is 15.2. The Hall–Kier alpha value is -0.640. The summed E-state index contributed by atoms with van der Waals surface area (Å²) < 4.78 is 2.19. The van der Waals surface area contributed by atoms with Gasteiger partial charge in [0.25, 0.3) is 0 Å². The Labute approximate surface area is 143 Å². The van der Waals surface area contributed by atoms with E-state index in [0.717, 1.165) is 8.95 Å². The van der Waals surface area contributed by atoms with Crippen LogP contribution in [0.5, 0.6) is 0 Å². The number of hydrogen-bond acceptors (Lipinski definition) is 0. The first-order valence-electron chi connectivity index (χ1n) is 6.23. The first kappa shape index (κ1) is 14.3. The number of halogens is 3. The van der Waals surface area contributed by atoms with Gasteiger partial charge in [0.2, 0.25) is 0 Å². The summed E-state index contributed by atoms with van der Waals surface area (Å²) in [4.78, 5) is 0.153. The van der Waals surface area contributed by atoms with Crippen LogP contribution in [0.25, 0.3) is 10.8 Å². The van der Waals surface area contributed by atoms with Gasteiger partial charge in [-0.1, -0.05) is 90.3 Å². The van der Waals surface area contributed by atoms with Gasteiger partial charge in [0, 0.05) is 8.95 Å². The van der Waals surface area contributed by atoms with Crippen molar-refractivity contribution in [3.05, 3.63) is 80.7 Å². The lowest BCUT2D eigenvalue weighted by molar-refractivity contribution is 1.18. The van der Waals surface area contributed by atoms with Crippen LogP contribution in [0.4, 0.5) is 0 Å². The minimum atomic E-state index is 0.153. The third-order valence-electron chi connectivity index (χ3n) is 3.33. The van der Waals surface area contributed by atoms with Crippen molar-refractivity contribution in [1.29, 1.82) is 0 Å². The molecule has 0 fully saturated rings. The van der Waals surface area contributed by atoms with Crippen LogP contribution in [0.15, 0.2) is 69.6 Å². The summed E-state index contributed by atoms with van der Waals surface area (Å²) in [5.74, 6) is 0. The highest BCUT2D eigenvalue weighted by molar-refractivity contribution is 9.11. The number of alkyl halides is 1. The molecule has 0 spiro atoms. The highest BCUT2D eigenvalue weighted by Crippen LogP contribution is 2.39. The Morgan fingerprint density at radius 2 is 1.50 bits per heavy atom. The van der Waals surface area contributed by atoms with Gasteiger partial charge in [0.1, 0.15) is 0 Å². The minimum absolute atomic E-state index is 0.153. The lowest BCUT2D eigenvalue weighted by Crippen LogP contribution is -1.95. The molecule has 3 aromatic carbocycles. The predicted molar refractivity (Wildman–Crippen MR) is 96.6 cm³/mol. The Balaban J connectivity index is 2.17. The first-order chi connectivity index (χ1) is 9.66. The molecule has 3 heteroatoms. The van der Waals surface area contributed by atoms with E-state index in [2.05, 4.69) is 102 Å². The SMILES string of the molecule is Brc1ccc(Br)c(C(Br)c2cccc3ccccc23)c1. The van der Waals surface area contributed by atoms with Crippen LogP contribution in [-0.4, -0.2) is 0 Å². The lowest BCUT2D eigenvalue weighted by Gasteiger charge is -2.15. The summed E-state index contributed by atoms with van der Waals surface area (Å²) in [6, 6.07) is 21.2. The zero-order chi connectivity index (χ0) is 14.1. The summed E-state index contributed by atoms with van der Waals surface area (Å²) in [6.07, 6.45) is 0. The summed E-state index contributed by atoms with van der Waals surface area (Å²) in [5.41, 5.74) is 2.50. The average Bonchev–Trinajstić information content (AvgIpc) is 2.48. The fourth-order valence-corrected chi connectivity index (χ4v) is 4.29. The smallest absolute Gasteiger partial charge is 0.0661 e. The molecule has 0 saturated heterocycles. The fourth-order valence-electron chi connectivity index (χ4n) is 2.35. The second-order valence-corrected chi connectivity index (χ2v) is 7.28. The largest absolute Gasteiger partial charge is 0.0786 e. The molecule has 1 atom stereocenters. The summed E-state index contributed by atoms with van der Waals surface area (Å²) >= 11 is 11.0. The van der Waals surface area contributed by atoms with Gasteiger partial charge in [-0.2, -0.15) is 0 Å². The fraction of sp³-hybridized carbons (Fsp3) is 0.0588. The van der Waals surface area contributed by atoms with Crippen LogP contribution in [0.3, 0.4) is 0 Å². The summed E-state index contributed by atoms with van der Waals surface area (Å²) in [7, 11) is 0. The molecule has 3 aromatic rings. The maximum absolute atomic E-state index is 3.85. The molecule has 0 nitrogen and oxygen atoms in total. The van der Waals surface area contributed by atoms with Crippen molar-refractivity contribution in [3.8, 4) is 0 Å². The van der Waals surface area contributed by atoms with E-state index in [1.54, 1.807) is 0 Å². The topological polar surface area (TPSA) is 0 Å². The van der Waals surface area contributed by atoms with Gasteiger partial charge in [-0.3, -0.25) is 0 Å². The molecule has 20 heavy (non-hydrogen) atoms. The Bertz CT molecular complexity index is 760. The molecule has 0 aliphatic heterocycles. The van der Waals surface area contributed by atoms with E-state index in [4.69, 9.17) is 0 Å². The highest BCUT2D eigenvalue weighted by Gasteiger charge is 2.16. The number of fused-ring (bicyclic) bond motifs is 1. The lowest BCUT2D eigenvalue weighted by atomic mass is 9.98. The monoisotopic (exact) mass is 452 g/mol. The Morgan fingerprint density at radius 3 is 2.35 bits per heavy atom. The van der Waals surface area contributed by atoms with E-state index in [9.17, 15) is 0 Å².